The largest absolute Gasteiger partial charge is 0.377 e. The molecule has 0 amide bonds. The molecule has 0 saturated carbocycles. The molecule has 2 fully saturated rings. The van der Waals surface area contributed by atoms with Crippen LogP contribution in [0.15, 0.2) is 0 Å². The minimum atomic E-state index is -3.09. The first kappa shape index (κ1) is 13.3. The van der Waals surface area contributed by atoms with Gasteiger partial charge < -0.3 is 14.2 Å². The molecule has 2 saturated heterocycles. The van der Waals surface area contributed by atoms with Crippen LogP contribution in [0.5, 0.6) is 0 Å². The predicted octanol–water partition coefficient (Wildman–Crippen LogP) is 0.732. The number of rotatable bonds is 4. The molecule has 2 aliphatic rings. The van der Waals surface area contributed by atoms with Crippen LogP contribution in [-0.4, -0.2) is 51.6 Å². The molecule has 0 radical (unpaired) electrons. The maximum Gasteiger partial charge on any atom is 0.158 e. The van der Waals surface area contributed by atoms with Crippen LogP contribution in [-0.2, 0) is 24.0 Å². The first-order valence-electron chi connectivity index (χ1n) is 6.16. The second kappa shape index (κ2) is 5.65. The normalized spacial score (nSPS) is 31.8. The molecule has 2 aliphatic heterocycles. The Kier molecular flexibility index (Phi) is 4.41. The summed E-state index contributed by atoms with van der Waals surface area (Å²) in [6.07, 6.45) is 1.38. The van der Waals surface area contributed by atoms with Crippen LogP contribution in [0, 0.1) is 0 Å². The van der Waals surface area contributed by atoms with Crippen LogP contribution >= 0.6 is 0 Å². The van der Waals surface area contributed by atoms with Crippen molar-refractivity contribution < 1.29 is 22.6 Å². The Hall–Kier alpha value is -0.170. The Balaban J connectivity index is 1.84. The minimum Gasteiger partial charge on any atom is -0.377 e. The van der Waals surface area contributed by atoms with Crippen molar-refractivity contribution in [1.82, 2.24) is 0 Å². The fraction of sp³-hybridized carbons (Fsp3) is 1.00. The van der Waals surface area contributed by atoms with Crippen molar-refractivity contribution in [2.45, 2.75) is 43.8 Å². The van der Waals surface area contributed by atoms with Gasteiger partial charge in [0.2, 0.25) is 0 Å². The number of hydrogen-bond donors (Lipinski definition) is 0. The molecule has 0 aliphatic carbocycles. The highest BCUT2D eigenvalue weighted by Crippen LogP contribution is 2.23. The van der Waals surface area contributed by atoms with E-state index < -0.39 is 9.84 Å². The first-order valence-corrected chi connectivity index (χ1v) is 7.87. The van der Waals surface area contributed by atoms with Gasteiger partial charge in [0.05, 0.1) is 30.3 Å². The molecule has 0 aromatic carbocycles. The van der Waals surface area contributed by atoms with Crippen molar-refractivity contribution in [3.8, 4) is 0 Å². The van der Waals surface area contributed by atoms with Gasteiger partial charge in [-0.1, -0.05) is 0 Å². The smallest absolute Gasteiger partial charge is 0.158 e. The van der Waals surface area contributed by atoms with Crippen molar-refractivity contribution in [3.05, 3.63) is 0 Å². The van der Waals surface area contributed by atoms with E-state index in [4.69, 9.17) is 14.2 Å². The van der Waals surface area contributed by atoms with Crippen molar-refractivity contribution >= 4 is 9.84 Å². The maximum atomic E-state index is 12.1. The lowest BCUT2D eigenvalue weighted by molar-refractivity contribution is -0.178. The molecule has 100 valence electrons. The molecular formula is C11H20O5S. The van der Waals surface area contributed by atoms with Crippen LogP contribution in [0.3, 0.4) is 0 Å². The van der Waals surface area contributed by atoms with Gasteiger partial charge in [-0.2, -0.15) is 0 Å². The molecule has 6 heteroatoms. The highest BCUT2D eigenvalue weighted by atomic mass is 32.2. The number of sulfone groups is 1. The Morgan fingerprint density at radius 3 is 2.41 bits per heavy atom. The minimum absolute atomic E-state index is 0.121. The van der Waals surface area contributed by atoms with E-state index in [2.05, 4.69) is 0 Å². The zero-order valence-electron chi connectivity index (χ0n) is 10.1. The highest BCUT2D eigenvalue weighted by Gasteiger charge is 2.35. The molecule has 0 aromatic heterocycles. The lowest BCUT2D eigenvalue weighted by Gasteiger charge is -2.24. The van der Waals surface area contributed by atoms with Gasteiger partial charge in [0.1, 0.15) is 0 Å². The molecule has 2 unspecified atom stereocenters. The van der Waals surface area contributed by atoms with Gasteiger partial charge in [-0.3, -0.25) is 0 Å². The summed E-state index contributed by atoms with van der Waals surface area (Å²) in [5.74, 6) is 0.121. The fourth-order valence-corrected chi connectivity index (χ4v) is 4.24. The third kappa shape index (κ3) is 3.40. The summed E-state index contributed by atoms with van der Waals surface area (Å²) in [7, 11) is -3.09. The monoisotopic (exact) mass is 264 g/mol. The average Bonchev–Trinajstić information content (AvgIpc) is 2.75. The number of ether oxygens (including phenoxy) is 3. The van der Waals surface area contributed by atoms with E-state index in [1.807, 2.05) is 6.92 Å². The van der Waals surface area contributed by atoms with E-state index in [0.29, 0.717) is 32.7 Å². The van der Waals surface area contributed by atoms with Crippen LogP contribution in [0.25, 0.3) is 0 Å². The zero-order chi connectivity index (χ0) is 12.3. The third-order valence-electron chi connectivity index (χ3n) is 3.30. The lowest BCUT2D eigenvalue weighted by Crippen LogP contribution is -2.33. The van der Waals surface area contributed by atoms with E-state index in [9.17, 15) is 8.42 Å². The highest BCUT2D eigenvalue weighted by molar-refractivity contribution is 7.92. The van der Waals surface area contributed by atoms with E-state index >= 15 is 0 Å². The molecule has 0 spiro atoms. The molecule has 17 heavy (non-hydrogen) atoms. The predicted molar refractivity (Wildman–Crippen MR) is 62.5 cm³/mol. The van der Waals surface area contributed by atoms with Gasteiger partial charge in [0.25, 0.3) is 0 Å². The van der Waals surface area contributed by atoms with Crippen molar-refractivity contribution in [2.75, 3.05) is 25.6 Å². The quantitative estimate of drug-likeness (QED) is 0.749. The molecule has 2 heterocycles. The molecule has 0 bridgehead atoms. The second-order valence-corrected chi connectivity index (χ2v) is 6.92. The SMILES string of the molecule is CC1OCCC1S(=O)(=O)CCC1OCCCO1. The van der Waals surface area contributed by atoms with Crippen molar-refractivity contribution in [3.63, 3.8) is 0 Å². The van der Waals surface area contributed by atoms with E-state index in [0.717, 1.165) is 6.42 Å². The molecular weight excluding hydrogens is 244 g/mol. The van der Waals surface area contributed by atoms with Gasteiger partial charge >= 0.3 is 0 Å². The molecule has 2 atom stereocenters. The molecule has 5 nitrogen and oxygen atoms in total. The number of hydrogen-bond acceptors (Lipinski definition) is 5. The fourth-order valence-electron chi connectivity index (χ4n) is 2.30. The van der Waals surface area contributed by atoms with Gasteiger partial charge in [-0.25, -0.2) is 8.42 Å². The van der Waals surface area contributed by atoms with Crippen LogP contribution < -0.4 is 0 Å². The molecule has 0 aromatic rings. The Bertz CT molecular complexity index is 334. The van der Waals surface area contributed by atoms with E-state index in [1.165, 1.54) is 0 Å². The Labute approximate surface area is 102 Å². The third-order valence-corrected chi connectivity index (χ3v) is 5.65. The van der Waals surface area contributed by atoms with Gasteiger partial charge in [0, 0.05) is 13.0 Å². The maximum absolute atomic E-state index is 12.1. The topological polar surface area (TPSA) is 61.8 Å². The lowest BCUT2D eigenvalue weighted by atomic mass is 10.3. The summed E-state index contributed by atoms with van der Waals surface area (Å²) < 4.78 is 40.2. The summed E-state index contributed by atoms with van der Waals surface area (Å²) in [6, 6.07) is 0. The molecule has 2 rings (SSSR count). The zero-order valence-corrected chi connectivity index (χ0v) is 10.9. The van der Waals surface area contributed by atoms with Crippen molar-refractivity contribution in [2.24, 2.45) is 0 Å². The average molecular weight is 264 g/mol. The standard InChI is InChI=1S/C11H20O5S/c1-9-10(3-7-14-9)17(12,13)8-4-11-15-5-2-6-16-11/h9-11H,2-8H2,1H3. The van der Waals surface area contributed by atoms with Crippen molar-refractivity contribution in [1.29, 1.82) is 0 Å². The second-order valence-electron chi connectivity index (χ2n) is 4.58. The van der Waals surface area contributed by atoms with Crippen LogP contribution in [0.4, 0.5) is 0 Å². The van der Waals surface area contributed by atoms with Gasteiger partial charge in [-0.15, -0.1) is 0 Å². The summed E-state index contributed by atoms with van der Waals surface area (Å²) in [5, 5.41) is -0.355. The Morgan fingerprint density at radius 2 is 1.82 bits per heavy atom. The Morgan fingerprint density at radius 1 is 1.12 bits per heavy atom. The van der Waals surface area contributed by atoms with Crippen LogP contribution in [0.1, 0.15) is 26.2 Å². The van der Waals surface area contributed by atoms with Gasteiger partial charge in [0.15, 0.2) is 16.1 Å². The van der Waals surface area contributed by atoms with E-state index in [-0.39, 0.29) is 23.4 Å². The summed E-state index contributed by atoms with van der Waals surface area (Å²) in [6.45, 7) is 3.69. The van der Waals surface area contributed by atoms with Crippen LogP contribution in [0.2, 0.25) is 0 Å². The first-order chi connectivity index (χ1) is 8.09. The summed E-state index contributed by atoms with van der Waals surface area (Å²) >= 11 is 0. The molecule has 0 N–H and O–H groups in total. The van der Waals surface area contributed by atoms with Gasteiger partial charge in [-0.05, 0) is 19.8 Å². The summed E-state index contributed by atoms with van der Waals surface area (Å²) in [5.41, 5.74) is 0. The van der Waals surface area contributed by atoms with E-state index in [1.54, 1.807) is 0 Å². The summed E-state index contributed by atoms with van der Waals surface area (Å²) in [4.78, 5) is 0.